The van der Waals surface area contributed by atoms with E-state index in [4.69, 9.17) is 0 Å². The Balaban J connectivity index is 2.33. The molecule has 0 saturated carbocycles. The predicted molar refractivity (Wildman–Crippen MR) is 112 cm³/mol. The molecule has 2 amide bonds. The van der Waals surface area contributed by atoms with Gasteiger partial charge < -0.3 is 15.1 Å². The summed E-state index contributed by atoms with van der Waals surface area (Å²) in [6, 6.07) is 15.9. The maximum atomic E-state index is 12.9. The molecule has 0 spiro atoms. The van der Waals surface area contributed by atoms with E-state index in [1.165, 1.54) is 0 Å². The van der Waals surface area contributed by atoms with Crippen LogP contribution in [0.1, 0.15) is 19.8 Å². The van der Waals surface area contributed by atoms with E-state index in [1.807, 2.05) is 86.5 Å². The lowest BCUT2D eigenvalue weighted by atomic mass is 10.2. The van der Waals surface area contributed by atoms with Crippen LogP contribution in [0, 0.1) is 0 Å². The summed E-state index contributed by atoms with van der Waals surface area (Å²) in [5.41, 5.74) is 3.90. The van der Waals surface area contributed by atoms with E-state index in [0.717, 1.165) is 35.6 Å². The lowest BCUT2D eigenvalue weighted by Crippen LogP contribution is -2.37. The van der Waals surface area contributed by atoms with Crippen molar-refractivity contribution < 1.29 is 4.79 Å². The van der Waals surface area contributed by atoms with Crippen LogP contribution in [0.4, 0.5) is 27.5 Å². The van der Waals surface area contributed by atoms with Gasteiger partial charge in [-0.25, -0.2) is 4.79 Å². The maximum Gasteiger partial charge on any atom is 0.326 e. The van der Waals surface area contributed by atoms with Crippen molar-refractivity contribution in [3.63, 3.8) is 0 Å². The first kappa shape index (κ1) is 19.6. The van der Waals surface area contributed by atoms with Gasteiger partial charge in [-0.2, -0.15) is 0 Å². The van der Waals surface area contributed by atoms with E-state index in [1.54, 1.807) is 4.90 Å². The fourth-order valence-corrected chi connectivity index (χ4v) is 2.63. The van der Waals surface area contributed by atoms with Crippen molar-refractivity contribution in [3.8, 4) is 0 Å². The molecule has 5 heteroatoms. The summed E-state index contributed by atoms with van der Waals surface area (Å²) < 4.78 is 0. The Hall–Kier alpha value is -2.69. The van der Waals surface area contributed by atoms with Gasteiger partial charge in [-0.3, -0.25) is 4.90 Å². The van der Waals surface area contributed by atoms with Crippen molar-refractivity contribution in [2.75, 3.05) is 49.4 Å². The molecule has 0 aliphatic rings. The van der Waals surface area contributed by atoms with Crippen molar-refractivity contribution >= 4 is 28.8 Å². The third-order valence-corrected chi connectivity index (χ3v) is 4.26. The van der Waals surface area contributed by atoms with Crippen LogP contribution in [0.3, 0.4) is 0 Å². The molecule has 0 bridgehead atoms. The second kappa shape index (κ2) is 9.13. The molecule has 0 aliphatic heterocycles. The fourth-order valence-electron chi connectivity index (χ4n) is 2.63. The second-order valence-corrected chi connectivity index (χ2v) is 6.74. The van der Waals surface area contributed by atoms with Gasteiger partial charge >= 0.3 is 6.03 Å². The highest BCUT2D eigenvalue weighted by molar-refractivity contribution is 5.99. The lowest BCUT2D eigenvalue weighted by Gasteiger charge is -2.25. The molecule has 0 atom stereocenters. The minimum absolute atomic E-state index is 0.103. The monoisotopic (exact) mass is 354 g/mol. The second-order valence-electron chi connectivity index (χ2n) is 6.74. The first-order chi connectivity index (χ1) is 12.4. The van der Waals surface area contributed by atoms with Gasteiger partial charge in [-0.05, 0) is 55.0 Å². The summed E-state index contributed by atoms with van der Waals surface area (Å²) in [5.74, 6) is 0. The molecule has 0 radical (unpaired) electrons. The molecule has 2 rings (SSSR count). The first-order valence-corrected chi connectivity index (χ1v) is 9.06. The van der Waals surface area contributed by atoms with Crippen LogP contribution in [0.5, 0.6) is 0 Å². The van der Waals surface area contributed by atoms with E-state index < -0.39 is 0 Å². The van der Waals surface area contributed by atoms with E-state index >= 15 is 0 Å². The van der Waals surface area contributed by atoms with Gasteiger partial charge in [0.1, 0.15) is 0 Å². The van der Waals surface area contributed by atoms with Crippen molar-refractivity contribution in [3.05, 3.63) is 48.5 Å². The number of urea groups is 1. The van der Waals surface area contributed by atoms with Crippen LogP contribution < -0.4 is 20.0 Å². The Kier molecular flexibility index (Phi) is 6.89. The number of nitrogens with zero attached hydrogens (tertiary/aromatic N) is 3. The van der Waals surface area contributed by atoms with Crippen LogP contribution in [0.2, 0.25) is 0 Å². The molecular weight excluding hydrogens is 324 g/mol. The number of benzene rings is 2. The number of rotatable bonds is 7. The van der Waals surface area contributed by atoms with Crippen molar-refractivity contribution in [1.82, 2.24) is 5.32 Å². The zero-order valence-corrected chi connectivity index (χ0v) is 16.5. The number of hydrogen-bond donors (Lipinski definition) is 1. The molecular formula is C21H30N4O. The number of carbonyl (C=O) groups is 1. The molecule has 0 fully saturated rings. The number of hydrogen-bond acceptors (Lipinski definition) is 3. The first-order valence-electron chi connectivity index (χ1n) is 9.06. The maximum absolute atomic E-state index is 12.9. The Morgan fingerprint density at radius 2 is 1.15 bits per heavy atom. The number of amides is 2. The van der Waals surface area contributed by atoms with Gasteiger partial charge in [0, 0.05) is 46.1 Å². The third kappa shape index (κ3) is 4.91. The van der Waals surface area contributed by atoms with Crippen LogP contribution >= 0.6 is 0 Å². The topological polar surface area (TPSA) is 38.8 Å². The zero-order chi connectivity index (χ0) is 19.1. The summed E-state index contributed by atoms with van der Waals surface area (Å²) in [6.07, 6.45) is 2.02. The van der Waals surface area contributed by atoms with E-state index in [9.17, 15) is 4.79 Å². The molecule has 5 nitrogen and oxygen atoms in total. The van der Waals surface area contributed by atoms with Gasteiger partial charge in [0.2, 0.25) is 0 Å². The molecule has 26 heavy (non-hydrogen) atoms. The average Bonchev–Trinajstić information content (AvgIpc) is 2.63. The molecule has 1 N–H and O–H groups in total. The van der Waals surface area contributed by atoms with Gasteiger partial charge in [-0.15, -0.1) is 0 Å². The number of nitrogens with one attached hydrogen (secondary N) is 1. The number of anilines is 4. The SMILES string of the molecule is CCCCNC(=O)N(c1ccc(N(C)C)cc1)c1ccc(N(C)C)cc1. The van der Waals surface area contributed by atoms with Gasteiger partial charge in [0.15, 0.2) is 0 Å². The van der Waals surface area contributed by atoms with Crippen LogP contribution in [-0.4, -0.2) is 40.8 Å². The Morgan fingerprint density at radius 1 is 0.769 bits per heavy atom. The van der Waals surface area contributed by atoms with Crippen molar-refractivity contribution in [2.45, 2.75) is 19.8 Å². The largest absolute Gasteiger partial charge is 0.378 e. The minimum atomic E-state index is -0.103. The normalized spacial score (nSPS) is 10.3. The molecule has 0 heterocycles. The van der Waals surface area contributed by atoms with Gasteiger partial charge in [-0.1, -0.05) is 13.3 Å². The van der Waals surface area contributed by atoms with Gasteiger partial charge in [0.25, 0.3) is 0 Å². The molecule has 140 valence electrons. The van der Waals surface area contributed by atoms with Crippen LogP contribution in [0.25, 0.3) is 0 Å². The summed E-state index contributed by atoms with van der Waals surface area (Å²) >= 11 is 0. The summed E-state index contributed by atoms with van der Waals surface area (Å²) in [5, 5.41) is 3.02. The number of unbranched alkanes of at least 4 members (excludes halogenated alkanes) is 1. The summed E-state index contributed by atoms with van der Waals surface area (Å²) in [6.45, 7) is 2.79. The van der Waals surface area contributed by atoms with Crippen molar-refractivity contribution in [1.29, 1.82) is 0 Å². The lowest BCUT2D eigenvalue weighted by molar-refractivity contribution is 0.248. The summed E-state index contributed by atoms with van der Waals surface area (Å²) in [4.78, 5) is 18.7. The third-order valence-electron chi connectivity index (χ3n) is 4.26. The average molecular weight is 354 g/mol. The Labute approximate surface area is 157 Å². The van der Waals surface area contributed by atoms with Crippen LogP contribution in [-0.2, 0) is 0 Å². The van der Waals surface area contributed by atoms with E-state index in [-0.39, 0.29) is 6.03 Å². The smallest absolute Gasteiger partial charge is 0.326 e. The highest BCUT2D eigenvalue weighted by atomic mass is 16.2. The standard InChI is InChI=1S/C21H30N4O/c1-6-7-16-22-21(26)25(19-12-8-17(9-13-19)23(2)3)20-14-10-18(11-15-20)24(4)5/h8-15H,6-7,16H2,1-5H3,(H,22,26). The number of carbonyl (C=O) groups excluding carboxylic acids is 1. The molecule has 2 aromatic carbocycles. The van der Waals surface area contributed by atoms with Gasteiger partial charge in [0.05, 0.1) is 11.4 Å². The zero-order valence-electron chi connectivity index (χ0n) is 16.5. The molecule has 0 unspecified atom stereocenters. The molecule has 0 aromatic heterocycles. The van der Waals surface area contributed by atoms with E-state index in [2.05, 4.69) is 12.2 Å². The Morgan fingerprint density at radius 3 is 1.50 bits per heavy atom. The molecule has 0 aliphatic carbocycles. The highest BCUT2D eigenvalue weighted by Crippen LogP contribution is 2.29. The fraction of sp³-hybridized carbons (Fsp3) is 0.381. The van der Waals surface area contributed by atoms with E-state index in [0.29, 0.717) is 6.54 Å². The predicted octanol–water partition coefficient (Wildman–Crippen LogP) is 4.47. The quantitative estimate of drug-likeness (QED) is 0.746. The van der Waals surface area contributed by atoms with Crippen molar-refractivity contribution in [2.24, 2.45) is 0 Å². The Bertz CT molecular complexity index is 641. The molecule has 2 aromatic rings. The van der Waals surface area contributed by atoms with Crippen LogP contribution in [0.15, 0.2) is 48.5 Å². The highest BCUT2D eigenvalue weighted by Gasteiger charge is 2.18. The molecule has 0 saturated heterocycles. The minimum Gasteiger partial charge on any atom is -0.378 e. The summed E-state index contributed by atoms with van der Waals surface area (Å²) in [7, 11) is 8.02.